The molecular formula is C19H30N2O3. The molecule has 2 rings (SSSR count). The lowest BCUT2D eigenvalue weighted by molar-refractivity contribution is 0.0915. The monoisotopic (exact) mass is 334 g/mol. The Morgan fingerprint density at radius 2 is 1.92 bits per heavy atom. The molecule has 1 fully saturated rings. The van der Waals surface area contributed by atoms with Gasteiger partial charge in [-0.3, -0.25) is 4.79 Å². The summed E-state index contributed by atoms with van der Waals surface area (Å²) in [5, 5.41) is 3.11. The highest BCUT2D eigenvalue weighted by Crippen LogP contribution is 2.26. The Balaban J connectivity index is 1.84. The van der Waals surface area contributed by atoms with Crippen LogP contribution in [0.5, 0.6) is 5.75 Å². The number of hydrogen-bond donors (Lipinski definition) is 2. The van der Waals surface area contributed by atoms with Gasteiger partial charge in [0.05, 0.1) is 6.61 Å². The molecule has 1 aliphatic carbocycles. The third kappa shape index (κ3) is 5.80. The second kappa shape index (κ2) is 10.3. The van der Waals surface area contributed by atoms with E-state index < -0.39 is 0 Å². The quantitative estimate of drug-likeness (QED) is 0.681. The summed E-state index contributed by atoms with van der Waals surface area (Å²) in [7, 11) is 1.68. The van der Waals surface area contributed by atoms with Gasteiger partial charge >= 0.3 is 0 Å². The Morgan fingerprint density at radius 3 is 2.54 bits per heavy atom. The molecule has 0 bridgehead atoms. The van der Waals surface area contributed by atoms with Crippen LogP contribution < -0.4 is 15.8 Å². The zero-order chi connectivity index (χ0) is 17.2. The van der Waals surface area contributed by atoms with E-state index in [9.17, 15) is 4.79 Å². The van der Waals surface area contributed by atoms with E-state index in [1.54, 1.807) is 19.2 Å². The molecular weight excluding hydrogens is 304 g/mol. The van der Waals surface area contributed by atoms with Gasteiger partial charge in [-0.25, -0.2) is 0 Å². The SMILES string of the molecule is COCCCOc1ccc(C(=O)NC(CN)C2CCCCC2)cc1. The van der Waals surface area contributed by atoms with Crippen LogP contribution in [0.15, 0.2) is 24.3 Å². The largest absolute Gasteiger partial charge is 0.494 e. The van der Waals surface area contributed by atoms with E-state index in [0.717, 1.165) is 25.0 Å². The van der Waals surface area contributed by atoms with Gasteiger partial charge in [-0.05, 0) is 43.0 Å². The number of amides is 1. The second-order valence-corrected chi connectivity index (χ2v) is 6.43. The van der Waals surface area contributed by atoms with E-state index in [0.29, 0.717) is 31.2 Å². The Hall–Kier alpha value is -1.59. The van der Waals surface area contributed by atoms with Gasteiger partial charge in [0, 0.05) is 38.3 Å². The van der Waals surface area contributed by atoms with Crippen molar-refractivity contribution >= 4 is 5.91 Å². The molecule has 0 aliphatic heterocycles. The van der Waals surface area contributed by atoms with Gasteiger partial charge in [0.25, 0.3) is 5.91 Å². The number of carbonyl (C=O) groups excluding carboxylic acids is 1. The number of carbonyl (C=O) groups is 1. The van der Waals surface area contributed by atoms with E-state index in [2.05, 4.69) is 5.32 Å². The van der Waals surface area contributed by atoms with Gasteiger partial charge in [-0.2, -0.15) is 0 Å². The number of benzene rings is 1. The van der Waals surface area contributed by atoms with Crippen LogP contribution in [0.2, 0.25) is 0 Å². The minimum absolute atomic E-state index is 0.0537. The van der Waals surface area contributed by atoms with Crippen LogP contribution in [0.1, 0.15) is 48.9 Å². The van der Waals surface area contributed by atoms with Crippen molar-refractivity contribution in [3.05, 3.63) is 29.8 Å². The van der Waals surface area contributed by atoms with Gasteiger partial charge in [-0.15, -0.1) is 0 Å². The molecule has 134 valence electrons. The average molecular weight is 334 g/mol. The highest BCUT2D eigenvalue weighted by atomic mass is 16.5. The minimum atomic E-state index is -0.0537. The maximum absolute atomic E-state index is 12.4. The Bertz CT molecular complexity index is 484. The molecule has 5 nitrogen and oxygen atoms in total. The van der Waals surface area contributed by atoms with Crippen LogP contribution in [0.25, 0.3) is 0 Å². The smallest absolute Gasteiger partial charge is 0.251 e. The highest BCUT2D eigenvalue weighted by Gasteiger charge is 2.24. The lowest BCUT2D eigenvalue weighted by Gasteiger charge is -2.30. The minimum Gasteiger partial charge on any atom is -0.494 e. The number of nitrogens with one attached hydrogen (secondary N) is 1. The lowest BCUT2D eigenvalue weighted by atomic mass is 9.84. The zero-order valence-corrected chi connectivity index (χ0v) is 14.6. The number of methoxy groups -OCH3 is 1. The first-order valence-electron chi connectivity index (χ1n) is 8.97. The Kier molecular flexibility index (Phi) is 8.05. The molecule has 1 atom stereocenters. The number of nitrogens with two attached hydrogens (primary N) is 1. The van der Waals surface area contributed by atoms with Crippen molar-refractivity contribution in [2.45, 2.75) is 44.6 Å². The van der Waals surface area contributed by atoms with Crippen LogP contribution in [-0.4, -0.2) is 38.8 Å². The van der Waals surface area contributed by atoms with Gasteiger partial charge in [0.2, 0.25) is 0 Å². The molecule has 1 amide bonds. The van der Waals surface area contributed by atoms with Crippen molar-refractivity contribution in [2.75, 3.05) is 26.9 Å². The maximum atomic E-state index is 12.4. The summed E-state index contributed by atoms with van der Waals surface area (Å²) in [6.45, 7) is 1.79. The van der Waals surface area contributed by atoms with Crippen LogP contribution in [0.4, 0.5) is 0 Å². The molecule has 1 aliphatic rings. The predicted octanol–water partition coefficient (Wildman–Crippen LogP) is 2.74. The second-order valence-electron chi connectivity index (χ2n) is 6.43. The molecule has 0 saturated heterocycles. The van der Waals surface area contributed by atoms with Crippen molar-refractivity contribution in [3.8, 4) is 5.75 Å². The van der Waals surface area contributed by atoms with Gasteiger partial charge in [0.15, 0.2) is 0 Å². The fourth-order valence-corrected chi connectivity index (χ4v) is 3.25. The highest BCUT2D eigenvalue weighted by molar-refractivity contribution is 5.94. The molecule has 5 heteroatoms. The van der Waals surface area contributed by atoms with Crippen LogP contribution in [0, 0.1) is 5.92 Å². The summed E-state index contributed by atoms with van der Waals surface area (Å²) in [5.74, 6) is 1.23. The van der Waals surface area contributed by atoms with Crippen LogP contribution >= 0.6 is 0 Å². The molecule has 0 aromatic heterocycles. The summed E-state index contributed by atoms with van der Waals surface area (Å²) in [5.41, 5.74) is 6.54. The lowest BCUT2D eigenvalue weighted by Crippen LogP contribution is -2.45. The summed E-state index contributed by atoms with van der Waals surface area (Å²) in [6.07, 6.45) is 6.96. The first-order valence-corrected chi connectivity index (χ1v) is 8.97. The summed E-state index contributed by atoms with van der Waals surface area (Å²) >= 11 is 0. The Labute approximate surface area is 144 Å². The Morgan fingerprint density at radius 1 is 1.21 bits per heavy atom. The van der Waals surface area contributed by atoms with Crippen LogP contribution in [0.3, 0.4) is 0 Å². The normalized spacial score (nSPS) is 16.6. The first kappa shape index (κ1) is 18.7. The molecule has 1 aromatic carbocycles. The molecule has 1 unspecified atom stereocenters. The number of hydrogen-bond acceptors (Lipinski definition) is 4. The van der Waals surface area contributed by atoms with E-state index >= 15 is 0 Å². The summed E-state index contributed by atoms with van der Waals surface area (Å²) in [6, 6.07) is 7.34. The number of rotatable bonds is 9. The molecule has 1 saturated carbocycles. The molecule has 24 heavy (non-hydrogen) atoms. The first-order chi connectivity index (χ1) is 11.7. The van der Waals surface area contributed by atoms with Gasteiger partial charge < -0.3 is 20.5 Å². The summed E-state index contributed by atoms with van der Waals surface area (Å²) < 4.78 is 10.6. The van der Waals surface area contributed by atoms with Crippen LogP contribution in [-0.2, 0) is 4.74 Å². The number of ether oxygens (including phenoxy) is 2. The van der Waals surface area contributed by atoms with Crippen molar-refractivity contribution in [2.24, 2.45) is 11.7 Å². The van der Waals surface area contributed by atoms with Crippen molar-refractivity contribution < 1.29 is 14.3 Å². The standard InChI is InChI=1S/C19H30N2O3/c1-23-12-5-13-24-17-10-8-16(9-11-17)19(22)21-18(14-20)15-6-3-2-4-7-15/h8-11,15,18H,2-7,12-14,20H2,1H3,(H,21,22). The topological polar surface area (TPSA) is 73.6 Å². The molecule has 0 radical (unpaired) electrons. The molecule has 0 spiro atoms. The van der Waals surface area contributed by atoms with Crippen molar-refractivity contribution in [1.29, 1.82) is 0 Å². The molecule has 1 aromatic rings. The van der Waals surface area contributed by atoms with Gasteiger partial charge in [-0.1, -0.05) is 19.3 Å². The third-order valence-corrected chi connectivity index (χ3v) is 4.67. The predicted molar refractivity (Wildman–Crippen MR) is 95.3 cm³/mol. The zero-order valence-electron chi connectivity index (χ0n) is 14.6. The fourth-order valence-electron chi connectivity index (χ4n) is 3.25. The van der Waals surface area contributed by atoms with Crippen molar-refractivity contribution in [1.82, 2.24) is 5.32 Å². The maximum Gasteiger partial charge on any atom is 0.251 e. The van der Waals surface area contributed by atoms with E-state index in [-0.39, 0.29) is 11.9 Å². The third-order valence-electron chi connectivity index (χ3n) is 4.67. The van der Waals surface area contributed by atoms with Gasteiger partial charge in [0.1, 0.15) is 5.75 Å². The molecule has 3 N–H and O–H groups in total. The fraction of sp³-hybridized carbons (Fsp3) is 0.632. The molecule has 0 heterocycles. The van der Waals surface area contributed by atoms with Crippen molar-refractivity contribution in [3.63, 3.8) is 0 Å². The average Bonchev–Trinajstić information content (AvgIpc) is 2.64. The van der Waals surface area contributed by atoms with E-state index in [1.807, 2.05) is 12.1 Å². The van der Waals surface area contributed by atoms with E-state index in [1.165, 1.54) is 19.3 Å². The summed E-state index contributed by atoms with van der Waals surface area (Å²) in [4.78, 5) is 12.4. The van der Waals surface area contributed by atoms with E-state index in [4.69, 9.17) is 15.2 Å².